The second-order valence-corrected chi connectivity index (χ2v) is 4.69. The maximum Gasteiger partial charge on any atom is 0.115 e. The van der Waals surface area contributed by atoms with Crippen LogP contribution >= 0.6 is 0 Å². The Balaban J connectivity index is 2.60. The van der Waals surface area contributed by atoms with Crippen molar-refractivity contribution in [2.75, 3.05) is 6.54 Å². The van der Waals surface area contributed by atoms with Gasteiger partial charge in [0.25, 0.3) is 0 Å². The molecule has 0 aliphatic rings. The number of nitrogens with zero attached hydrogens (tertiary/aromatic N) is 1. The van der Waals surface area contributed by atoms with E-state index in [-0.39, 0.29) is 17.2 Å². The average Bonchev–Trinajstić information content (AvgIpc) is 2.26. The fourth-order valence-electron chi connectivity index (χ4n) is 1.36. The number of benzene rings is 1. The van der Waals surface area contributed by atoms with E-state index in [1.54, 1.807) is 12.1 Å². The number of nitrogens with one attached hydrogen (secondary N) is 1. The molecule has 1 atom stereocenters. The van der Waals surface area contributed by atoms with Gasteiger partial charge in [0.05, 0.1) is 11.5 Å². The fraction of sp³-hybridized carbons (Fsp3) is 0.462. The Labute approximate surface area is 96.7 Å². The first-order chi connectivity index (χ1) is 7.44. The van der Waals surface area contributed by atoms with E-state index >= 15 is 0 Å². The number of aromatic hydroxyl groups is 1. The number of hydrogen-bond acceptors (Lipinski definition) is 3. The van der Waals surface area contributed by atoms with Crippen LogP contribution in [0, 0.1) is 16.7 Å². The van der Waals surface area contributed by atoms with Gasteiger partial charge in [0.15, 0.2) is 0 Å². The van der Waals surface area contributed by atoms with Crippen LogP contribution in [-0.2, 0) is 0 Å². The third-order valence-corrected chi connectivity index (χ3v) is 2.52. The molecule has 0 amide bonds. The van der Waals surface area contributed by atoms with E-state index in [1.807, 2.05) is 32.9 Å². The van der Waals surface area contributed by atoms with Crippen LogP contribution in [0.25, 0.3) is 0 Å². The Morgan fingerprint density at radius 1 is 1.50 bits per heavy atom. The van der Waals surface area contributed by atoms with Crippen LogP contribution in [0.1, 0.15) is 32.4 Å². The lowest BCUT2D eigenvalue weighted by Crippen LogP contribution is -2.30. The molecule has 2 N–H and O–H groups in total. The maximum absolute atomic E-state index is 9.36. The second-order valence-electron chi connectivity index (χ2n) is 4.69. The summed E-state index contributed by atoms with van der Waals surface area (Å²) in [6.07, 6.45) is 0. The second kappa shape index (κ2) is 5.00. The van der Waals surface area contributed by atoms with Gasteiger partial charge in [-0.15, -0.1) is 0 Å². The van der Waals surface area contributed by atoms with Gasteiger partial charge < -0.3 is 10.4 Å². The standard InChI is InChI=1S/C13H18N2O/c1-10(15-9-13(2,3)8-14)11-5-4-6-12(16)7-11/h4-7,10,15-16H,9H2,1-3H3. The first kappa shape index (κ1) is 12.5. The molecule has 3 nitrogen and oxygen atoms in total. The number of phenolic OH excluding ortho intramolecular Hbond substituents is 1. The van der Waals surface area contributed by atoms with Gasteiger partial charge in [-0.3, -0.25) is 0 Å². The molecule has 16 heavy (non-hydrogen) atoms. The monoisotopic (exact) mass is 218 g/mol. The highest BCUT2D eigenvalue weighted by Gasteiger charge is 2.17. The van der Waals surface area contributed by atoms with E-state index in [1.165, 1.54) is 0 Å². The van der Waals surface area contributed by atoms with Crippen LogP contribution in [0.15, 0.2) is 24.3 Å². The lowest BCUT2D eigenvalue weighted by molar-refractivity contribution is 0.414. The van der Waals surface area contributed by atoms with Crippen LogP contribution in [0.4, 0.5) is 0 Å². The third kappa shape index (κ3) is 3.56. The normalized spacial score (nSPS) is 13.1. The van der Waals surface area contributed by atoms with Gasteiger partial charge >= 0.3 is 0 Å². The zero-order valence-electron chi connectivity index (χ0n) is 9.99. The number of hydrogen-bond donors (Lipinski definition) is 2. The average molecular weight is 218 g/mol. The molecule has 1 aromatic rings. The van der Waals surface area contributed by atoms with Crippen molar-refractivity contribution in [3.05, 3.63) is 29.8 Å². The van der Waals surface area contributed by atoms with Crippen molar-refractivity contribution in [3.8, 4) is 11.8 Å². The van der Waals surface area contributed by atoms with Crippen molar-refractivity contribution in [2.45, 2.75) is 26.8 Å². The first-order valence-corrected chi connectivity index (χ1v) is 5.38. The summed E-state index contributed by atoms with van der Waals surface area (Å²) in [5, 5.41) is 21.5. The van der Waals surface area contributed by atoms with Gasteiger partial charge in [0.2, 0.25) is 0 Å². The Kier molecular flexibility index (Phi) is 3.92. The highest BCUT2D eigenvalue weighted by molar-refractivity contribution is 5.29. The number of phenols is 1. The van der Waals surface area contributed by atoms with Gasteiger partial charge in [-0.2, -0.15) is 5.26 Å². The maximum atomic E-state index is 9.36. The molecule has 0 fully saturated rings. The van der Waals surface area contributed by atoms with Crippen LogP contribution in [-0.4, -0.2) is 11.7 Å². The summed E-state index contributed by atoms with van der Waals surface area (Å²) in [4.78, 5) is 0. The first-order valence-electron chi connectivity index (χ1n) is 5.38. The molecule has 0 heterocycles. The molecule has 0 spiro atoms. The summed E-state index contributed by atoms with van der Waals surface area (Å²) in [5.74, 6) is 0.269. The van der Waals surface area contributed by atoms with E-state index in [9.17, 15) is 5.11 Å². The Bertz CT molecular complexity index is 393. The molecule has 3 heteroatoms. The zero-order valence-corrected chi connectivity index (χ0v) is 9.99. The summed E-state index contributed by atoms with van der Waals surface area (Å²) >= 11 is 0. The van der Waals surface area contributed by atoms with Crippen molar-refractivity contribution in [1.82, 2.24) is 5.32 Å². The minimum Gasteiger partial charge on any atom is -0.508 e. The molecule has 1 aromatic carbocycles. The lowest BCUT2D eigenvalue weighted by atomic mass is 9.95. The Morgan fingerprint density at radius 2 is 2.19 bits per heavy atom. The molecule has 0 saturated carbocycles. The SMILES string of the molecule is CC(NCC(C)(C)C#N)c1cccc(O)c1. The highest BCUT2D eigenvalue weighted by atomic mass is 16.3. The van der Waals surface area contributed by atoms with E-state index in [0.29, 0.717) is 6.54 Å². The van der Waals surface area contributed by atoms with E-state index in [0.717, 1.165) is 5.56 Å². The molecule has 0 saturated heterocycles. The van der Waals surface area contributed by atoms with Crippen molar-refractivity contribution < 1.29 is 5.11 Å². The molecule has 1 rings (SSSR count). The molecule has 0 bridgehead atoms. The summed E-state index contributed by atoms with van der Waals surface area (Å²) in [5.41, 5.74) is 0.652. The minimum absolute atomic E-state index is 0.125. The van der Waals surface area contributed by atoms with Gasteiger partial charge in [-0.1, -0.05) is 12.1 Å². The van der Waals surface area contributed by atoms with E-state index in [4.69, 9.17) is 5.26 Å². The van der Waals surface area contributed by atoms with E-state index in [2.05, 4.69) is 11.4 Å². The van der Waals surface area contributed by atoms with Gasteiger partial charge in [0, 0.05) is 12.6 Å². The van der Waals surface area contributed by atoms with Crippen molar-refractivity contribution in [2.24, 2.45) is 5.41 Å². The molecule has 0 radical (unpaired) electrons. The molecule has 1 unspecified atom stereocenters. The van der Waals surface area contributed by atoms with Gasteiger partial charge in [-0.05, 0) is 38.5 Å². The predicted molar refractivity (Wildman–Crippen MR) is 63.9 cm³/mol. The molecule has 0 aliphatic heterocycles. The minimum atomic E-state index is -0.370. The topological polar surface area (TPSA) is 56.0 Å². The predicted octanol–water partition coefficient (Wildman–Crippen LogP) is 2.59. The summed E-state index contributed by atoms with van der Waals surface area (Å²) < 4.78 is 0. The van der Waals surface area contributed by atoms with Crippen molar-refractivity contribution >= 4 is 0 Å². The van der Waals surface area contributed by atoms with Crippen LogP contribution in [0.2, 0.25) is 0 Å². The molecule has 86 valence electrons. The van der Waals surface area contributed by atoms with Gasteiger partial charge in [-0.25, -0.2) is 0 Å². The fourth-order valence-corrected chi connectivity index (χ4v) is 1.36. The number of rotatable bonds is 4. The van der Waals surface area contributed by atoms with Crippen molar-refractivity contribution in [1.29, 1.82) is 5.26 Å². The van der Waals surface area contributed by atoms with E-state index < -0.39 is 0 Å². The van der Waals surface area contributed by atoms with Crippen LogP contribution in [0.5, 0.6) is 5.75 Å². The quantitative estimate of drug-likeness (QED) is 0.816. The third-order valence-electron chi connectivity index (χ3n) is 2.52. The largest absolute Gasteiger partial charge is 0.508 e. The van der Waals surface area contributed by atoms with Gasteiger partial charge in [0.1, 0.15) is 5.75 Å². The number of nitriles is 1. The smallest absolute Gasteiger partial charge is 0.115 e. The summed E-state index contributed by atoms with van der Waals surface area (Å²) in [7, 11) is 0. The van der Waals surface area contributed by atoms with Crippen LogP contribution in [0.3, 0.4) is 0 Å². The summed E-state index contributed by atoms with van der Waals surface area (Å²) in [6, 6.07) is 9.53. The lowest BCUT2D eigenvalue weighted by Gasteiger charge is -2.20. The van der Waals surface area contributed by atoms with Crippen molar-refractivity contribution in [3.63, 3.8) is 0 Å². The summed E-state index contributed by atoms with van der Waals surface area (Å²) in [6.45, 7) is 6.44. The molecule has 0 aromatic heterocycles. The highest BCUT2D eigenvalue weighted by Crippen LogP contribution is 2.19. The zero-order chi connectivity index (χ0) is 12.2. The molecule has 0 aliphatic carbocycles. The van der Waals surface area contributed by atoms with Crippen LogP contribution < -0.4 is 5.32 Å². The molecular formula is C13H18N2O. The Hall–Kier alpha value is -1.53. The Morgan fingerprint density at radius 3 is 2.75 bits per heavy atom. The molecular weight excluding hydrogens is 200 g/mol.